The minimum absolute atomic E-state index is 0.0221. The smallest absolute Gasteiger partial charge is 0.254 e. The van der Waals surface area contributed by atoms with Crippen molar-refractivity contribution in [3.63, 3.8) is 0 Å². The average molecular weight is 290 g/mol. The van der Waals surface area contributed by atoms with Crippen LogP contribution in [-0.2, 0) is 9.84 Å². The lowest BCUT2D eigenvalue weighted by atomic mass is 10.1. The molecular formula is C11H12F2N2O3S. The highest BCUT2D eigenvalue weighted by Gasteiger charge is 2.30. The highest BCUT2D eigenvalue weighted by atomic mass is 32.2. The van der Waals surface area contributed by atoms with Gasteiger partial charge in [0.15, 0.2) is 15.7 Å². The highest BCUT2D eigenvalue weighted by Crippen LogP contribution is 2.18. The number of benzene rings is 1. The number of carbonyl (C=O) groups is 1. The van der Waals surface area contributed by atoms with E-state index in [4.69, 9.17) is 5.73 Å². The van der Waals surface area contributed by atoms with Crippen molar-refractivity contribution in [2.75, 3.05) is 17.2 Å². The predicted molar refractivity (Wildman–Crippen MR) is 65.3 cm³/mol. The molecule has 104 valence electrons. The van der Waals surface area contributed by atoms with Crippen molar-refractivity contribution in [3.05, 3.63) is 29.3 Å². The molecule has 1 aliphatic rings. The van der Waals surface area contributed by atoms with E-state index in [1.54, 1.807) is 0 Å². The van der Waals surface area contributed by atoms with E-state index in [1.807, 2.05) is 0 Å². The topological polar surface area (TPSA) is 89.3 Å². The van der Waals surface area contributed by atoms with E-state index in [1.165, 1.54) is 0 Å². The van der Waals surface area contributed by atoms with Crippen LogP contribution in [0.4, 0.5) is 14.5 Å². The normalized spacial score (nSPS) is 21.3. The fourth-order valence-electron chi connectivity index (χ4n) is 1.95. The van der Waals surface area contributed by atoms with Gasteiger partial charge in [0.2, 0.25) is 0 Å². The maximum Gasteiger partial charge on any atom is 0.254 e. The molecule has 1 saturated heterocycles. The summed E-state index contributed by atoms with van der Waals surface area (Å²) in [5, 5.41) is 2.37. The van der Waals surface area contributed by atoms with Gasteiger partial charge in [-0.25, -0.2) is 17.2 Å². The Hall–Kier alpha value is -1.70. The second-order valence-electron chi connectivity index (χ2n) is 4.43. The molecule has 5 nitrogen and oxygen atoms in total. The van der Waals surface area contributed by atoms with Crippen molar-refractivity contribution in [1.82, 2.24) is 5.32 Å². The largest absolute Gasteiger partial charge is 0.396 e. The zero-order valence-electron chi connectivity index (χ0n) is 9.82. The molecule has 1 heterocycles. The highest BCUT2D eigenvalue weighted by molar-refractivity contribution is 7.91. The number of nitrogens with two attached hydrogens (primary N) is 1. The van der Waals surface area contributed by atoms with E-state index in [2.05, 4.69) is 5.32 Å². The van der Waals surface area contributed by atoms with Gasteiger partial charge in [-0.2, -0.15) is 0 Å². The van der Waals surface area contributed by atoms with Gasteiger partial charge in [0.1, 0.15) is 5.82 Å². The fourth-order valence-corrected chi connectivity index (χ4v) is 3.62. The van der Waals surface area contributed by atoms with Gasteiger partial charge in [-0.1, -0.05) is 0 Å². The summed E-state index contributed by atoms with van der Waals surface area (Å²) in [6, 6.07) is 0.915. The van der Waals surface area contributed by atoms with Crippen LogP contribution < -0.4 is 11.1 Å². The lowest BCUT2D eigenvalue weighted by Gasteiger charge is -2.12. The number of hydrogen-bond donors (Lipinski definition) is 2. The molecule has 1 atom stereocenters. The lowest BCUT2D eigenvalue weighted by molar-refractivity contribution is 0.0936. The molecule has 1 aromatic rings. The third-order valence-electron chi connectivity index (χ3n) is 2.88. The molecular weight excluding hydrogens is 278 g/mol. The number of rotatable bonds is 2. The Bertz CT molecular complexity index is 631. The van der Waals surface area contributed by atoms with Crippen LogP contribution in [0.5, 0.6) is 0 Å². The summed E-state index contributed by atoms with van der Waals surface area (Å²) < 4.78 is 49.1. The molecule has 1 aromatic carbocycles. The zero-order valence-corrected chi connectivity index (χ0v) is 10.6. The van der Waals surface area contributed by atoms with Crippen molar-refractivity contribution in [2.24, 2.45) is 0 Å². The lowest BCUT2D eigenvalue weighted by Crippen LogP contribution is -2.36. The van der Waals surface area contributed by atoms with Gasteiger partial charge >= 0.3 is 0 Å². The Morgan fingerprint density at radius 2 is 2.05 bits per heavy atom. The molecule has 3 N–H and O–H groups in total. The zero-order chi connectivity index (χ0) is 14.2. The van der Waals surface area contributed by atoms with Crippen molar-refractivity contribution in [2.45, 2.75) is 12.5 Å². The Morgan fingerprint density at radius 3 is 2.63 bits per heavy atom. The van der Waals surface area contributed by atoms with Gasteiger partial charge in [-0.3, -0.25) is 4.79 Å². The van der Waals surface area contributed by atoms with E-state index < -0.39 is 44.7 Å². The summed E-state index contributed by atoms with van der Waals surface area (Å²) in [5.74, 6) is -2.93. The Labute approximate surface area is 108 Å². The van der Waals surface area contributed by atoms with Crippen molar-refractivity contribution < 1.29 is 22.0 Å². The van der Waals surface area contributed by atoms with Crippen LogP contribution in [0.25, 0.3) is 0 Å². The standard InChI is InChI=1S/C11H12F2N2O3S/c12-6-3-8(10(13)9(14)4-6)11(16)15-7-1-2-19(17,18)5-7/h3-4,7H,1-2,5,14H2,(H,15,16). The molecule has 2 rings (SSSR count). The van der Waals surface area contributed by atoms with Crippen molar-refractivity contribution in [1.29, 1.82) is 0 Å². The molecule has 0 radical (unpaired) electrons. The van der Waals surface area contributed by atoms with Crippen LogP contribution in [-0.4, -0.2) is 31.9 Å². The summed E-state index contributed by atoms with van der Waals surface area (Å²) in [5.41, 5.74) is 4.23. The molecule has 0 saturated carbocycles. The van der Waals surface area contributed by atoms with Gasteiger partial charge < -0.3 is 11.1 Å². The predicted octanol–water partition coefficient (Wildman–Crippen LogP) is 0.464. The molecule has 1 fully saturated rings. The van der Waals surface area contributed by atoms with Crippen molar-refractivity contribution in [3.8, 4) is 0 Å². The van der Waals surface area contributed by atoms with E-state index in [0.717, 1.165) is 12.1 Å². The number of sulfone groups is 1. The number of halogens is 2. The maximum absolute atomic E-state index is 13.6. The number of nitrogens with one attached hydrogen (secondary N) is 1. The van der Waals surface area contributed by atoms with Crippen LogP contribution in [0.1, 0.15) is 16.8 Å². The molecule has 0 spiro atoms. The second kappa shape index (κ2) is 4.76. The first-order valence-corrected chi connectivity index (χ1v) is 7.36. The molecule has 1 aliphatic heterocycles. The SMILES string of the molecule is Nc1cc(F)cc(C(=O)NC2CCS(=O)(=O)C2)c1F. The van der Waals surface area contributed by atoms with E-state index in [0.29, 0.717) is 0 Å². The molecule has 0 aliphatic carbocycles. The summed E-state index contributed by atoms with van der Waals surface area (Å²) >= 11 is 0. The quantitative estimate of drug-likeness (QED) is 0.775. The fraction of sp³-hybridized carbons (Fsp3) is 0.364. The number of nitrogen functional groups attached to an aromatic ring is 1. The van der Waals surface area contributed by atoms with E-state index in [-0.39, 0.29) is 17.9 Å². The summed E-state index contributed by atoms with van der Waals surface area (Å²) in [7, 11) is -3.16. The second-order valence-corrected chi connectivity index (χ2v) is 6.66. The van der Waals surface area contributed by atoms with Gasteiger partial charge in [0.05, 0.1) is 22.8 Å². The number of amides is 1. The number of hydrogen-bond acceptors (Lipinski definition) is 4. The summed E-state index contributed by atoms with van der Waals surface area (Å²) in [6.45, 7) is 0. The Balaban J connectivity index is 2.17. The van der Waals surface area contributed by atoms with Crippen LogP contribution in [0.15, 0.2) is 12.1 Å². The van der Waals surface area contributed by atoms with Gasteiger partial charge in [0, 0.05) is 6.04 Å². The third-order valence-corrected chi connectivity index (χ3v) is 4.65. The molecule has 8 heteroatoms. The maximum atomic E-state index is 13.6. The van der Waals surface area contributed by atoms with E-state index >= 15 is 0 Å². The monoisotopic (exact) mass is 290 g/mol. The summed E-state index contributed by atoms with van der Waals surface area (Å²) in [4.78, 5) is 11.8. The van der Waals surface area contributed by atoms with Crippen LogP contribution in [0.2, 0.25) is 0 Å². The van der Waals surface area contributed by atoms with E-state index in [9.17, 15) is 22.0 Å². The first-order chi connectivity index (χ1) is 8.78. The van der Waals surface area contributed by atoms with Crippen LogP contribution >= 0.6 is 0 Å². The number of carbonyl (C=O) groups excluding carboxylic acids is 1. The molecule has 0 aromatic heterocycles. The molecule has 1 unspecified atom stereocenters. The first-order valence-electron chi connectivity index (χ1n) is 5.54. The average Bonchev–Trinajstić information content (AvgIpc) is 2.63. The number of anilines is 1. The third kappa shape index (κ3) is 3.01. The minimum atomic E-state index is -3.16. The van der Waals surface area contributed by atoms with Gasteiger partial charge in [0.25, 0.3) is 5.91 Å². The van der Waals surface area contributed by atoms with Crippen molar-refractivity contribution >= 4 is 21.4 Å². The van der Waals surface area contributed by atoms with Gasteiger partial charge in [-0.05, 0) is 18.6 Å². The van der Waals surface area contributed by atoms with Gasteiger partial charge in [-0.15, -0.1) is 0 Å². The van der Waals surface area contributed by atoms with Crippen LogP contribution in [0.3, 0.4) is 0 Å². The van der Waals surface area contributed by atoms with Crippen LogP contribution in [0, 0.1) is 11.6 Å². The minimum Gasteiger partial charge on any atom is -0.396 e. The molecule has 19 heavy (non-hydrogen) atoms. The Kier molecular flexibility index (Phi) is 3.44. The summed E-state index contributed by atoms with van der Waals surface area (Å²) in [6.07, 6.45) is 0.264. The first kappa shape index (κ1) is 13.7. The molecule has 1 amide bonds. The molecule has 0 bridgehead atoms. The Morgan fingerprint density at radius 1 is 1.37 bits per heavy atom.